The molecule has 2 aromatic rings. The molecule has 90 valence electrons. The molecule has 0 bridgehead atoms. The van der Waals surface area contributed by atoms with Crippen LogP contribution >= 0.6 is 0 Å². The third-order valence-electron chi connectivity index (χ3n) is 3.32. The molecule has 0 saturated carbocycles. The molecule has 3 rings (SSSR count). The molecule has 0 saturated heterocycles. The molecule has 2 aromatic heterocycles. The van der Waals surface area contributed by atoms with Crippen LogP contribution in [0.3, 0.4) is 0 Å². The highest BCUT2D eigenvalue weighted by Gasteiger charge is 2.31. The average molecular weight is 254 g/mol. The lowest BCUT2D eigenvalue weighted by Gasteiger charge is -2.12. The van der Waals surface area contributed by atoms with E-state index < -0.39 is 21.0 Å². The average Bonchev–Trinajstić information content (AvgIpc) is 2.62. The minimum Gasteiger partial charge on any atom is -0.267 e. The van der Waals surface area contributed by atoms with E-state index in [1.807, 2.05) is 0 Å². The van der Waals surface area contributed by atoms with E-state index in [2.05, 4.69) is 0 Å². The molecule has 0 spiro atoms. The molecule has 0 aliphatic carbocycles. The molecule has 0 N–H and O–H groups in total. The molecule has 1 aliphatic heterocycles. The van der Waals surface area contributed by atoms with Crippen molar-refractivity contribution in [1.82, 2.24) is 9.03 Å². The summed E-state index contributed by atoms with van der Waals surface area (Å²) < 4.78 is 26.0. The Balaban J connectivity index is 2.67. The molecule has 0 atom stereocenters. The lowest BCUT2D eigenvalue weighted by atomic mass is 10.2. The van der Waals surface area contributed by atoms with Crippen LogP contribution in [-0.2, 0) is 21.3 Å². The zero-order valence-corrected chi connectivity index (χ0v) is 10.2. The third-order valence-corrected chi connectivity index (χ3v) is 4.74. The van der Waals surface area contributed by atoms with Crippen LogP contribution in [0.25, 0.3) is 0 Å². The summed E-state index contributed by atoms with van der Waals surface area (Å²) >= 11 is 0. The SMILES string of the molecule is Cc1c2n3c(c(C)c(=O)n3c1=O)CS(=O)(=O)C2. The van der Waals surface area contributed by atoms with Gasteiger partial charge in [-0.05, 0) is 13.8 Å². The predicted octanol–water partition coefficient (Wildman–Crippen LogP) is -0.758. The quantitative estimate of drug-likeness (QED) is 0.619. The summed E-state index contributed by atoms with van der Waals surface area (Å²) in [6, 6.07) is 0. The third kappa shape index (κ3) is 1.12. The van der Waals surface area contributed by atoms with Gasteiger partial charge in [-0.15, -0.1) is 0 Å². The van der Waals surface area contributed by atoms with Crippen molar-refractivity contribution in [3.63, 3.8) is 0 Å². The van der Waals surface area contributed by atoms with E-state index in [9.17, 15) is 18.0 Å². The van der Waals surface area contributed by atoms with E-state index in [0.29, 0.717) is 22.5 Å². The topological polar surface area (TPSA) is 77.1 Å². The van der Waals surface area contributed by atoms with Gasteiger partial charge in [0.15, 0.2) is 9.84 Å². The van der Waals surface area contributed by atoms with Crippen molar-refractivity contribution in [3.8, 4) is 0 Å². The summed E-state index contributed by atoms with van der Waals surface area (Å²) in [5.41, 5.74) is 0.675. The van der Waals surface area contributed by atoms with Gasteiger partial charge in [-0.1, -0.05) is 0 Å². The maximum Gasteiger partial charge on any atom is 0.277 e. The fourth-order valence-corrected chi connectivity index (χ4v) is 3.98. The van der Waals surface area contributed by atoms with E-state index in [0.717, 1.165) is 4.52 Å². The minimum absolute atomic E-state index is 0.175. The summed E-state index contributed by atoms with van der Waals surface area (Å²) in [5.74, 6) is -0.351. The molecule has 0 radical (unpaired) electrons. The molecule has 0 unspecified atom stereocenters. The van der Waals surface area contributed by atoms with Gasteiger partial charge in [-0.2, -0.15) is 4.52 Å². The Hall–Kier alpha value is -1.63. The molecule has 3 heterocycles. The number of rotatable bonds is 0. The van der Waals surface area contributed by atoms with Crippen LogP contribution in [0.2, 0.25) is 0 Å². The molecule has 7 heteroatoms. The number of hydrogen-bond donors (Lipinski definition) is 0. The molecular weight excluding hydrogens is 244 g/mol. The van der Waals surface area contributed by atoms with Crippen molar-refractivity contribution in [2.24, 2.45) is 0 Å². The van der Waals surface area contributed by atoms with Gasteiger partial charge >= 0.3 is 0 Å². The fraction of sp³-hybridized carbons (Fsp3) is 0.400. The highest BCUT2D eigenvalue weighted by molar-refractivity contribution is 7.89. The van der Waals surface area contributed by atoms with Gasteiger partial charge < -0.3 is 0 Å². The Morgan fingerprint density at radius 3 is 1.71 bits per heavy atom. The molecule has 6 nitrogen and oxygen atoms in total. The maximum absolute atomic E-state index is 11.9. The van der Waals surface area contributed by atoms with Gasteiger partial charge in [0.2, 0.25) is 0 Å². The van der Waals surface area contributed by atoms with Crippen LogP contribution in [0.4, 0.5) is 0 Å². The first-order valence-corrected chi connectivity index (χ1v) is 6.94. The van der Waals surface area contributed by atoms with E-state index in [4.69, 9.17) is 0 Å². The highest BCUT2D eigenvalue weighted by atomic mass is 32.2. The van der Waals surface area contributed by atoms with E-state index in [1.165, 1.54) is 4.52 Å². The molecular formula is C10H10N2O4S. The van der Waals surface area contributed by atoms with Crippen molar-refractivity contribution in [2.45, 2.75) is 25.4 Å². The first kappa shape index (κ1) is 10.5. The van der Waals surface area contributed by atoms with Crippen molar-refractivity contribution < 1.29 is 8.42 Å². The monoisotopic (exact) mass is 254 g/mol. The number of hydrogen-bond acceptors (Lipinski definition) is 4. The minimum atomic E-state index is -3.27. The smallest absolute Gasteiger partial charge is 0.267 e. The summed E-state index contributed by atoms with van der Waals surface area (Å²) in [5, 5.41) is 0. The van der Waals surface area contributed by atoms with Crippen molar-refractivity contribution in [3.05, 3.63) is 43.2 Å². The van der Waals surface area contributed by atoms with Crippen molar-refractivity contribution in [1.29, 1.82) is 0 Å². The number of aromatic nitrogens is 2. The lowest BCUT2D eigenvalue weighted by Crippen LogP contribution is -2.23. The summed E-state index contributed by atoms with van der Waals surface area (Å²) in [4.78, 5) is 23.8. The number of nitrogens with zero attached hydrogens (tertiary/aromatic N) is 2. The van der Waals surface area contributed by atoms with Crippen LogP contribution in [0.15, 0.2) is 9.59 Å². The van der Waals surface area contributed by atoms with Crippen LogP contribution in [0.1, 0.15) is 22.5 Å². The van der Waals surface area contributed by atoms with Crippen molar-refractivity contribution >= 4 is 9.84 Å². The number of sulfone groups is 1. The van der Waals surface area contributed by atoms with E-state index in [1.54, 1.807) is 13.8 Å². The Labute approximate surface area is 96.4 Å². The Kier molecular flexibility index (Phi) is 1.72. The Bertz CT molecular complexity index is 795. The molecule has 0 fully saturated rings. The van der Waals surface area contributed by atoms with Gasteiger partial charge in [0, 0.05) is 11.1 Å². The highest BCUT2D eigenvalue weighted by Crippen LogP contribution is 2.22. The van der Waals surface area contributed by atoms with Gasteiger partial charge in [0.1, 0.15) is 0 Å². The van der Waals surface area contributed by atoms with Gasteiger partial charge in [0.25, 0.3) is 11.1 Å². The first-order valence-electron chi connectivity index (χ1n) is 5.12. The van der Waals surface area contributed by atoms with Gasteiger partial charge in [-0.25, -0.2) is 12.9 Å². The second kappa shape index (κ2) is 2.79. The van der Waals surface area contributed by atoms with Crippen LogP contribution < -0.4 is 11.1 Å². The molecule has 0 aromatic carbocycles. The second-order valence-corrected chi connectivity index (χ2v) is 6.47. The van der Waals surface area contributed by atoms with Gasteiger partial charge in [0.05, 0.1) is 22.9 Å². The van der Waals surface area contributed by atoms with E-state index >= 15 is 0 Å². The molecule has 0 amide bonds. The normalized spacial score (nSPS) is 17.8. The van der Waals surface area contributed by atoms with Gasteiger partial charge in [-0.3, -0.25) is 9.59 Å². The fourth-order valence-electron chi connectivity index (χ4n) is 2.37. The van der Waals surface area contributed by atoms with Crippen LogP contribution in [-0.4, -0.2) is 17.4 Å². The standard InChI is InChI=1S/C10H10N2O4S/c1-5-7-3-17(15,16)4-8-6(2)10(14)12(9(5)13)11(7)8/h3-4H2,1-2H3. The molecule has 1 aliphatic rings. The maximum atomic E-state index is 11.9. The Morgan fingerprint density at radius 1 is 0.882 bits per heavy atom. The molecule has 17 heavy (non-hydrogen) atoms. The Morgan fingerprint density at radius 2 is 1.29 bits per heavy atom. The van der Waals surface area contributed by atoms with Crippen LogP contribution in [0.5, 0.6) is 0 Å². The largest absolute Gasteiger partial charge is 0.277 e. The van der Waals surface area contributed by atoms with Crippen molar-refractivity contribution in [2.75, 3.05) is 0 Å². The van der Waals surface area contributed by atoms with Crippen LogP contribution in [0, 0.1) is 13.8 Å². The lowest BCUT2D eigenvalue weighted by molar-refractivity contribution is 0.585. The zero-order chi connectivity index (χ0) is 12.5. The summed E-state index contributed by atoms with van der Waals surface area (Å²) in [6.45, 7) is 3.11. The summed E-state index contributed by atoms with van der Waals surface area (Å²) in [6.07, 6.45) is 0. The zero-order valence-electron chi connectivity index (χ0n) is 9.35. The van der Waals surface area contributed by atoms with E-state index in [-0.39, 0.29) is 11.5 Å². The first-order chi connectivity index (χ1) is 7.83. The second-order valence-electron chi connectivity index (χ2n) is 4.41. The summed E-state index contributed by atoms with van der Waals surface area (Å²) in [7, 11) is -3.27. The predicted molar refractivity (Wildman–Crippen MR) is 60.4 cm³/mol.